The van der Waals surface area contributed by atoms with E-state index in [-0.39, 0.29) is 6.03 Å². The van der Waals surface area contributed by atoms with Crippen molar-refractivity contribution in [1.29, 1.82) is 0 Å². The van der Waals surface area contributed by atoms with E-state index in [9.17, 15) is 4.79 Å². The molecule has 0 radical (unpaired) electrons. The van der Waals surface area contributed by atoms with Crippen molar-refractivity contribution in [3.63, 3.8) is 0 Å². The Labute approximate surface area is 162 Å². The Balaban J connectivity index is 1.34. The number of nitrogens with zero attached hydrogens (tertiary/aromatic N) is 3. The minimum absolute atomic E-state index is 0.0390. The number of morpholine rings is 1. The zero-order valence-electron chi connectivity index (χ0n) is 16.5. The highest BCUT2D eigenvalue weighted by atomic mass is 16.5. The van der Waals surface area contributed by atoms with E-state index in [0.29, 0.717) is 6.04 Å². The lowest BCUT2D eigenvalue weighted by Gasteiger charge is -2.40. The third kappa shape index (κ3) is 4.22. The van der Waals surface area contributed by atoms with Gasteiger partial charge in [-0.2, -0.15) is 0 Å². The fourth-order valence-corrected chi connectivity index (χ4v) is 4.63. The summed E-state index contributed by atoms with van der Waals surface area (Å²) < 4.78 is 5.45. The molecular weight excluding hydrogens is 340 g/mol. The minimum Gasteiger partial charge on any atom is -0.379 e. The van der Waals surface area contributed by atoms with Gasteiger partial charge in [-0.05, 0) is 50.3 Å². The van der Waals surface area contributed by atoms with Crippen LogP contribution in [0.4, 0.5) is 16.2 Å². The predicted molar refractivity (Wildman–Crippen MR) is 109 cm³/mol. The number of amides is 2. The Hall–Kier alpha value is -1.79. The third-order valence-corrected chi connectivity index (χ3v) is 6.31. The number of ether oxygens (including phenoxy) is 1. The highest BCUT2D eigenvalue weighted by Crippen LogP contribution is 2.29. The Morgan fingerprint density at radius 3 is 2.44 bits per heavy atom. The number of rotatable bonds is 3. The number of urea groups is 1. The van der Waals surface area contributed by atoms with E-state index in [1.165, 1.54) is 24.1 Å². The average molecular weight is 373 g/mol. The van der Waals surface area contributed by atoms with Crippen LogP contribution in [0, 0.1) is 6.92 Å². The number of hydrogen-bond donors (Lipinski definition) is 1. The van der Waals surface area contributed by atoms with Crippen molar-refractivity contribution in [2.45, 2.75) is 38.6 Å². The Morgan fingerprint density at radius 1 is 1.04 bits per heavy atom. The van der Waals surface area contributed by atoms with Gasteiger partial charge in [0.25, 0.3) is 0 Å². The van der Waals surface area contributed by atoms with Crippen LogP contribution in [0.1, 0.15) is 31.2 Å². The first-order valence-electron chi connectivity index (χ1n) is 10.4. The molecule has 3 aliphatic rings. The lowest BCUT2D eigenvalue weighted by Crippen LogP contribution is -2.50. The van der Waals surface area contributed by atoms with Crippen molar-refractivity contribution in [2.24, 2.45) is 0 Å². The summed E-state index contributed by atoms with van der Waals surface area (Å²) in [6.07, 6.45) is 4.63. The van der Waals surface area contributed by atoms with Gasteiger partial charge in [0.15, 0.2) is 0 Å². The summed E-state index contributed by atoms with van der Waals surface area (Å²) >= 11 is 0. The summed E-state index contributed by atoms with van der Waals surface area (Å²) in [6.45, 7) is 9.76. The quantitative estimate of drug-likeness (QED) is 0.886. The number of carbonyl (C=O) groups excluding carboxylic acids is 1. The number of benzene rings is 1. The molecule has 3 heterocycles. The van der Waals surface area contributed by atoms with Gasteiger partial charge in [-0.1, -0.05) is 6.07 Å². The van der Waals surface area contributed by atoms with Crippen molar-refractivity contribution < 1.29 is 9.53 Å². The summed E-state index contributed by atoms with van der Waals surface area (Å²) in [7, 11) is 0. The third-order valence-electron chi connectivity index (χ3n) is 6.31. The minimum atomic E-state index is 0.0390. The summed E-state index contributed by atoms with van der Waals surface area (Å²) in [4.78, 5) is 19.7. The van der Waals surface area contributed by atoms with Crippen LogP contribution < -0.4 is 10.2 Å². The van der Waals surface area contributed by atoms with Crippen molar-refractivity contribution in [3.05, 3.63) is 23.8 Å². The number of likely N-dealkylation sites (tertiary alicyclic amines) is 1. The van der Waals surface area contributed by atoms with Crippen LogP contribution in [0.2, 0.25) is 0 Å². The van der Waals surface area contributed by atoms with E-state index in [4.69, 9.17) is 4.74 Å². The molecule has 0 atom stereocenters. The molecule has 0 spiro atoms. The van der Waals surface area contributed by atoms with Gasteiger partial charge in [0, 0.05) is 56.7 Å². The molecule has 2 amide bonds. The monoisotopic (exact) mass is 372 g/mol. The van der Waals surface area contributed by atoms with Crippen LogP contribution in [0.3, 0.4) is 0 Å². The first kappa shape index (κ1) is 18.6. The van der Waals surface area contributed by atoms with Crippen LogP contribution in [-0.4, -0.2) is 74.4 Å². The first-order chi connectivity index (χ1) is 13.2. The van der Waals surface area contributed by atoms with Crippen LogP contribution >= 0.6 is 0 Å². The summed E-state index contributed by atoms with van der Waals surface area (Å²) in [5.41, 5.74) is 3.38. The van der Waals surface area contributed by atoms with E-state index in [1.807, 2.05) is 11.0 Å². The van der Waals surface area contributed by atoms with Crippen molar-refractivity contribution >= 4 is 17.4 Å². The van der Waals surface area contributed by atoms with E-state index in [0.717, 1.165) is 71.0 Å². The zero-order valence-corrected chi connectivity index (χ0v) is 16.5. The standard InChI is InChI=1S/C21H32N4O2/c1-17-19(5-4-6-20(17)24-9-2-3-10-24)22-21(26)25-11-7-18(8-12-25)23-13-15-27-16-14-23/h4-6,18H,2-3,7-16H2,1H3,(H,22,26). The van der Waals surface area contributed by atoms with Crippen molar-refractivity contribution in [1.82, 2.24) is 9.80 Å². The van der Waals surface area contributed by atoms with Crippen LogP contribution in [0.15, 0.2) is 18.2 Å². The van der Waals surface area contributed by atoms with Gasteiger partial charge in [-0.3, -0.25) is 4.90 Å². The number of piperidine rings is 1. The molecule has 6 nitrogen and oxygen atoms in total. The Kier molecular flexibility index (Phi) is 5.83. The molecule has 4 rings (SSSR count). The van der Waals surface area contributed by atoms with Crippen LogP contribution in [0.5, 0.6) is 0 Å². The summed E-state index contributed by atoms with van der Waals surface area (Å²) in [5.74, 6) is 0. The normalized spacial score (nSPS) is 22.3. The maximum Gasteiger partial charge on any atom is 0.321 e. The molecule has 0 unspecified atom stereocenters. The van der Waals surface area contributed by atoms with Gasteiger partial charge in [0.2, 0.25) is 0 Å². The molecule has 6 heteroatoms. The predicted octanol–water partition coefficient (Wildman–Crippen LogP) is 2.92. The first-order valence-corrected chi connectivity index (χ1v) is 10.4. The SMILES string of the molecule is Cc1c(NC(=O)N2CCC(N3CCOCC3)CC2)cccc1N1CCCC1. The van der Waals surface area contributed by atoms with Gasteiger partial charge in [0.05, 0.1) is 13.2 Å². The largest absolute Gasteiger partial charge is 0.379 e. The fourth-order valence-electron chi connectivity index (χ4n) is 4.63. The summed E-state index contributed by atoms with van der Waals surface area (Å²) in [5, 5.41) is 3.16. The van der Waals surface area contributed by atoms with Gasteiger partial charge in [0.1, 0.15) is 0 Å². The average Bonchev–Trinajstić information content (AvgIpc) is 3.25. The number of carbonyl (C=O) groups is 1. The second-order valence-corrected chi connectivity index (χ2v) is 7.94. The molecule has 3 aliphatic heterocycles. The van der Waals surface area contributed by atoms with E-state index >= 15 is 0 Å². The highest BCUT2D eigenvalue weighted by molar-refractivity contribution is 5.91. The van der Waals surface area contributed by atoms with Crippen molar-refractivity contribution in [2.75, 3.05) is 62.7 Å². The van der Waals surface area contributed by atoms with Gasteiger partial charge in [-0.25, -0.2) is 4.79 Å². The topological polar surface area (TPSA) is 48.1 Å². The molecule has 0 aromatic heterocycles. The number of nitrogens with one attached hydrogen (secondary N) is 1. The fraction of sp³-hybridized carbons (Fsp3) is 0.667. The van der Waals surface area contributed by atoms with Crippen LogP contribution in [0.25, 0.3) is 0 Å². The smallest absolute Gasteiger partial charge is 0.321 e. The second kappa shape index (κ2) is 8.48. The molecule has 1 N–H and O–H groups in total. The van der Waals surface area contributed by atoms with Crippen molar-refractivity contribution in [3.8, 4) is 0 Å². The van der Waals surface area contributed by atoms with Gasteiger partial charge >= 0.3 is 6.03 Å². The highest BCUT2D eigenvalue weighted by Gasteiger charge is 2.28. The molecule has 148 valence electrons. The van der Waals surface area contributed by atoms with E-state index in [1.54, 1.807) is 0 Å². The lowest BCUT2D eigenvalue weighted by atomic mass is 10.0. The lowest BCUT2D eigenvalue weighted by molar-refractivity contribution is 0.00419. The second-order valence-electron chi connectivity index (χ2n) is 7.94. The molecule has 3 saturated heterocycles. The molecular formula is C21H32N4O2. The Bertz CT molecular complexity index is 646. The van der Waals surface area contributed by atoms with E-state index in [2.05, 4.69) is 34.2 Å². The zero-order chi connectivity index (χ0) is 18.6. The van der Waals surface area contributed by atoms with Gasteiger partial charge in [-0.15, -0.1) is 0 Å². The number of anilines is 2. The molecule has 0 bridgehead atoms. The maximum atomic E-state index is 12.8. The molecule has 0 aliphatic carbocycles. The molecule has 1 aromatic rings. The Morgan fingerprint density at radius 2 is 1.74 bits per heavy atom. The maximum absolute atomic E-state index is 12.8. The number of hydrogen-bond acceptors (Lipinski definition) is 4. The summed E-state index contributed by atoms with van der Waals surface area (Å²) in [6, 6.07) is 6.88. The molecule has 3 fully saturated rings. The molecule has 0 saturated carbocycles. The molecule has 1 aromatic carbocycles. The van der Waals surface area contributed by atoms with Crippen LogP contribution in [-0.2, 0) is 4.74 Å². The van der Waals surface area contributed by atoms with Gasteiger partial charge < -0.3 is 19.9 Å². The molecule has 27 heavy (non-hydrogen) atoms. The van der Waals surface area contributed by atoms with E-state index < -0.39 is 0 Å².